The number of carbonyl (C=O) groups excluding carboxylic acids is 2. The third-order valence-electron chi connectivity index (χ3n) is 6.27. The molecule has 3 heterocycles. The van der Waals surface area contributed by atoms with Gasteiger partial charge in [-0.25, -0.2) is 0 Å². The lowest BCUT2D eigenvalue weighted by Crippen LogP contribution is -2.60. The number of carbonyl (C=O) groups is 2. The fourth-order valence-electron chi connectivity index (χ4n) is 4.56. The number of fused-ring (bicyclic) bond motifs is 5. The van der Waals surface area contributed by atoms with Crippen LogP contribution in [0.3, 0.4) is 0 Å². The minimum absolute atomic E-state index is 0.187. The molecule has 2 saturated heterocycles. The van der Waals surface area contributed by atoms with Crippen molar-refractivity contribution in [1.29, 1.82) is 0 Å². The predicted octanol–water partition coefficient (Wildman–Crippen LogP) is 0.174. The molecule has 0 saturated carbocycles. The normalized spacial score (nSPS) is 41.5. The van der Waals surface area contributed by atoms with Crippen molar-refractivity contribution in [2.45, 2.75) is 56.6 Å². The second-order valence-electron chi connectivity index (χ2n) is 8.39. The smallest absolute Gasteiger partial charge is 0.315 e. The van der Waals surface area contributed by atoms with Crippen molar-refractivity contribution >= 4 is 23.4 Å². The fourth-order valence-corrected chi connectivity index (χ4v) is 4.91. The Kier molecular flexibility index (Phi) is 5.20. The van der Waals surface area contributed by atoms with Gasteiger partial charge in [0.25, 0.3) is 0 Å². The highest BCUT2D eigenvalue weighted by Gasteiger charge is 2.73. The van der Waals surface area contributed by atoms with Crippen molar-refractivity contribution in [3.63, 3.8) is 0 Å². The van der Waals surface area contributed by atoms with Crippen LogP contribution in [-0.2, 0) is 23.8 Å². The molecule has 9 nitrogen and oxygen atoms in total. The molecule has 0 aromatic carbocycles. The first-order valence-electron chi connectivity index (χ1n) is 9.80. The molecule has 3 aliphatic heterocycles. The number of rotatable bonds is 3. The Bertz CT molecular complexity index is 964. The maximum absolute atomic E-state index is 13.2. The molecule has 4 N–H and O–H groups in total. The number of aliphatic hydroxyl groups is 4. The summed E-state index contributed by atoms with van der Waals surface area (Å²) in [5, 5.41) is 40.6. The summed E-state index contributed by atoms with van der Waals surface area (Å²) in [7, 11) is 0. The van der Waals surface area contributed by atoms with Crippen LogP contribution in [0, 0.1) is 11.8 Å². The number of ether oxygens (including phenoxy) is 3. The second kappa shape index (κ2) is 7.26. The number of esters is 1. The Hall–Kier alpha value is -2.01. The lowest BCUT2D eigenvalue weighted by Gasteiger charge is -2.40. The maximum Gasteiger partial charge on any atom is 0.315 e. The quantitative estimate of drug-likeness (QED) is 0.439. The van der Waals surface area contributed by atoms with Gasteiger partial charge in [0.05, 0.1) is 23.5 Å². The molecule has 0 spiro atoms. The van der Waals surface area contributed by atoms with Crippen LogP contribution in [0.1, 0.15) is 20.8 Å². The highest BCUT2D eigenvalue weighted by Crippen LogP contribution is 2.58. The number of hydrogen-bond acceptors (Lipinski definition) is 9. The van der Waals surface area contributed by atoms with E-state index >= 15 is 0 Å². The molecule has 4 rings (SSSR count). The standard InChI is InChI=1S/C21H23ClO9/c1-8(23)13(24)5-4-10-6-11-12(7-29-10)14-15-19(27)30-9(2)17(25)21(15,28)31-20(14,3)18(26)16(11)22/h4-9,13-15,17,23-25,28H,1-3H3/b5-4+/t8-,9-,13-,14-,15+,17+,20+,21+/m1/s1. The van der Waals surface area contributed by atoms with E-state index in [1.54, 1.807) is 0 Å². The zero-order valence-electron chi connectivity index (χ0n) is 17.0. The zero-order chi connectivity index (χ0) is 22.9. The zero-order valence-corrected chi connectivity index (χ0v) is 17.7. The van der Waals surface area contributed by atoms with E-state index in [9.17, 15) is 30.0 Å². The van der Waals surface area contributed by atoms with E-state index in [2.05, 4.69) is 0 Å². The predicted molar refractivity (Wildman–Crippen MR) is 105 cm³/mol. The fraction of sp³-hybridized carbons (Fsp3) is 0.524. The average molecular weight is 455 g/mol. The van der Waals surface area contributed by atoms with E-state index in [-0.39, 0.29) is 16.4 Å². The van der Waals surface area contributed by atoms with Crippen LogP contribution in [-0.4, -0.2) is 68.0 Å². The van der Waals surface area contributed by atoms with Gasteiger partial charge in [-0.2, -0.15) is 0 Å². The molecule has 0 unspecified atom stereocenters. The van der Waals surface area contributed by atoms with Crippen molar-refractivity contribution in [2.24, 2.45) is 11.8 Å². The number of ketones is 1. The molecule has 4 aliphatic rings. The van der Waals surface area contributed by atoms with Crippen LogP contribution in [0.15, 0.2) is 46.4 Å². The van der Waals surface area contributed by atoms with Gasteiger partial charge in [-0.1, -0.05) is 11.6 Å². The summed E-state index contributed by atoms with van der Waals surface area (Å²) in [6, 6.07) is 0. The summed E-state index contributed by atoms with van der Waals surface area (Å²) < 4.78 is 16.5. The first-order valence-corrected chi connectivity index (χ1v) is 10.2. The van der Waals surface area contributed by atoms with Crippen LogP contribution in [0.25, 0.3) is 0 Å². The number of allylic oxidation sites excluding steroid dienone is 3. The number of hydrogen-bond donors (Lipinski definition) is 4. The van der Waals surface area contributed by atoms with Crippen molar-refractivity contribution < 1.29 is 44.2 Å². The van der Waals surface area contributed by atoms with Crippen molar-refractivity contribution in [3.8, 4) is 0 Å². The molecule has 8 atom stereocenters. The topological polar surface area (TPSA) is 143 Å². The van der Waals surface area contributed by atoms with Crippen LogP contribution >= 0.6 is 11.6 Å². The van der Waals surface area contributed by atoms with Gasteiger partial charge in [-0.15, -0.1) is 0 Å². The van der Waals surface area contributed by atoms with Gasteiger partial charge in [0.15, 0.2) is 0 Å². The lowest BCUT2D eigenvalue weighted by molar-refractivity contribution is -0.306. The SMILES string of the molecule is C[C@@H](O)[C@H](O)/C=C/C1=CC2=C(Cl)C(=O)[C@@]3(C)O[C@@]4(O)[C@H](C(=O)O[C@H](C)[C@@H]4O)[C@H]3C2=CO1. The number of cyclic esters (lactones) is 1. The molecule has 0 aromatic rings. The minimum Gasteiger partial charge on any atom is -0.465 e. The summed E-state index contributed by atoms with van der Waals surface area (Å²) in [6.07, 6.45) is 0.714. The van der Waals surface area contributed by atoms with Gasteiger partial charge < -0.3 is 34.6 Å². The molecule has 168 valence electrons. The third-order valence-corrected chi connectivity index (χ3v) is 6.64. The summed E-state index contributed by atoms with van der Waals surface area (Å²) in [5.41, 5.74) is -1.14. The minimum atomic E-state index is -2.34. The van der Waals surface area contributed by atoms with Crippen LogP contribution in [0.5, 0.6) is 0 Å². The van der Waals surface area contributed by atoms with Crippen molar-refractivity contribution in [3.05, 3.63) is 46.4 Å². The van der Waals surface area contributed by atoms with Gasteiger partial charge in [-0.05, 0) is 39.0 Å². The van der Waals surface area contributed by atoms with E-state index in [0.29, 0.717) is 5.57 Å². The van der Waals surface area contributed by atoms with Gasteiger partial charge in [-0.3, -0.25) is 9.59 Å². The molecule has 0 aromatic heterocycles. The molecule has 0 radical (unpaired) electrons. The number of halogens is 1. The third kappa shape index (κ3) is 3.11. The number of Topliss-reactive ketones (excluding diaryl/α,β-unsaturated/α-hetero) is 1. The van der Waals surface area contributed by atoms with Gasteiger partial charge in [0.1, 0.15) is 29.5 Å². The largest absolute Gasteiger partial charge is 0.465 e. The Labute approximate surface area is 182 Å². The maximum atomic E-state index is 13.2. The molecule has 10 heteroatoms. The Morgan fingerprint density at radius 3 is 2.58 bits per heavy atom. The van der Waals surface area contributed by atoms with Crippen LogP contribution < -0.4 is 0 Å². The highest BCUT2D eigenvalue weighted by molar-refractivity contribution is 6.45. The molecule has 2 fully saturated rings. The average Bonchev–Trinajstić information content (AvgIpc) is 2.98. The first kappa shape index (κ1) is 22.2. The lowest BCUT2D eigenvalue weighted by atomic mass is 9.66. The highest BCUT2D eigenvalue weighted by atomic mass is 35.5. The molecular weight excluding hydrogens is 432 g/mol. The van der Waals surface area contributed by atoms with Gasteiger partial charge in [0, 0.05) is 17.1 Å². The Morgan fingerprint density at radius 2 is 1.94 bits per heavy atom. The molecular formula is C21H23ClO9. The molecule has 0 amide bonds. The second-order valence-corrected chi connectivity index (χ2v) is 8.77. The van der Waals surface area contributed by atoms with Crippen molar-refractivity contribution in [2.75, 3.05) is 0 Å². The van der Waals surface area contributed by atoms with Crippen molar-refractivity contribution in [1.82, 2.24) is 0 Å². The van der Waals surface area contributed by atoms with Crippen LogP contribution in [0.4, 0.5) is 0 Å². The van der Waals surface area contributed by atoms with E-state index in [4.69, 9.17) is 25.8 Å². The van der Waals surface area contributed by atoms with Gasteiger partial charge >= 0.3 is 5.97 Å². The molecule has 0 bridgehead atoms. The molecule has 1 aliphatic carbocycles. The summed E-state index contributed by atoms with van der Waals surface area (Å²) in [6.45, 7) is 4.23. The van der Waals surface area contributed by atoms with E-state index in [1.807, 2.05) is 0 Å². The summed E-state index contributed by atoms with van der Waals surface area (Å²) in [4.78, 5) is 25.9. The van der Waals surface area contributed by atoms with Crippen LogP contribution in [0.2, 0.25) is 0 Å². The Morgan fingerprint density at radius 1 is 1.26 bits per heavy atom. The van der Waals surface area contributed by atoms with E-state index in [0.717, 1.165) is 0 Å². The number of aliphatic hydroxyl groups excluding tert-OH is 3. The summed E-state index contributed by atoms with van der Waals surface area (Å²) in [5.74, 6) is -6.00. The summed E-state index contributed by atoms with van der Waals surface area (Å²) >= 11 is 6.35. The van der Waals surface area contributed by atoms with Gasteiger partial charge in [0.2, 0.25) is 11.6 Å². The molecule has 31 heavy (non-hydrogen) atoms. The van der Waals surface area contributed by atoms with E-state index < -0.39 is 59.4 Å². The Balaban J connectivity index is 1.77. The van der Waals surface area contributed by atoms with E-state index in [1.165, 1.54) is 45.3 Å². The monoisotopic (exact) mass is 454 g/mol. The first-order chi connectivity index (χ1) is 14.4.